The minimum Gasteiger partial charge on any atom is -0.316 e. The van der Waals surface area contributed by atoms with Crippen molar-refractivity contribution in [2.75, 3.05) is 20.1 Å². The van der Waals surface area contributed by atoms with E-state index in [-0.39, 0.29) is 0 Å². The lowest BCUT2D eigenvalue weighted by molar-refractivity contribution is 0.429. The van der Waals surface area contributed by atoms with Crippen LogP contribution in [-0.4, -0.2) is 20.1 Å². The monoisotopic (exact) mass is 296 g/mol. The van der Waals surface area contributed by atoms with Gasteiger partial charge in [0.2, 0.25) is 0 Å². The van der Waals surface area contributed by atoms with Crippen molar-refractivity contribution in [3.8, 4) is 0 Å². The van der Waals surface area contributed by atoms with Gasteiger partial charge in [0.15, 0.2) is 0 Å². The molecule has 1 aliphatic rings. The Kier molecular flexibility index (Phi) is 4.60. The number of nitrogens with one attached hydrogen (secondary N) is 2. The standard InChI is InChI=1S/C14H21BrN2/c1-10-3-4-12(15)8-13(10)14(16-2)7-11-5-6-17-9-11/h3-4,8,11,14,16-17H,5-7,9H2,1-2H3. The summed E-state index contributed by atoms with van der Waals surface area (Å²) in [5.74, 6) is 0.811. The lowest BCUT2D eigenvalue weighted by Crippen LogP contribution is -2.22. The second kappa shape index (κ2) is 5.98. The van der Waals surface area contributed by atoms with E-state index in [1.54, 1.807) is 0 Å². The summed E-state index contributed by atoms with van der Waals surface area (Å²) in [6.07, 6.45) is 2.53. The smallest absolute Gasteiger partial charge is 0.0323 e. The Bertz CT molecular complexity index is 372. The topological polar surface area (TPSA) is 24.1 Å². The zero-order chi connectivity index (χ0) is 12.3. The van der Waals surface area contributed by atoms with Crippen molar-refractivity contribution in [2.45, 2.75) is 25.8 Å². The second-order valence-electron chi connectivity index (χ2n) is 4.94. The Labute approximate surface area is 112 Å². The molecule has 0 spiro atoms. The number of rotatable bonds is 4. The van der Waals surface area contributed by atoms with Gasteiger partial charge >= 0.3 is 0 Å². The maximum absolute atomic E-state index is 3.57. The average Bonchev–Trinajstić information content (AvgIpc) is 2.82. The minimum absolute atomic E-state index is 0.470. The van der Waals surface area contributed by atoms with E-state index in [0.717, 1.165) is 5.92 Å². The molecule has 0 amide bonds. The van der Waals surface area contributed by atoms with Gasteiger partial charge in [-0.3, -0.25) is 0 Å². The third-order valence-corrected chi connectivity index (χ3v) is 4.19. The second-order valence-corrected chi connectivity index (χ2v) is 5.85. The van der Waals surface area contributed by atoms with Gasteiger partial charge in [-0.05, 0) is 69.1 Å². The lowest BCUT2D eigenvalue weighted by Gasteiger charge is -2.22. The molecule has 0 saturated carbocycles. The average molecular weight is 297 g/mol. The lowest BCUT2D eigenvalue weighted by atomic mass is 9.92. The van der Waals surface area contributed by atoms with Crippen molar-refractivity contribution >= 4 is 15.9 Å². The molecule has 1 aromatic rings. The highest BCUT2D eigenvalue weighted by Crippen LogP contribution is 2.28. The van der Waals surface area contributed by atoms with Gasteiger partial charge in [0, 0.05) is 10.5 Å². The first-order valence-corrected chi connectivity index (χ1v) is 7.14. The van der Waals surface area contributed by atoms with Gasteiger partial charge in [0.25, 0.3) is 0 Å². The molecule has 1 saturated heterocycles. The van der Waals surface area contributed by atoms with Crippen LogP contribution in [-0.2, 0) is 0 Å². The van der Waals surface area contributed by atoms with Gasteiger partial charge in [-0.1, -0.05) is 22.0 Å². The van der Waals surface area contributed by atoms with Crippen LogP contribution in [0.2, 0.25) is 0 Å². The number of hydrogen-bond acceptors (Lipinski definition) is 2. The highest BCUT2D eigenvalue weighted by Gasteiger charge is 2.21. The van der Waals surface area contributed by atoms with Gasteiger partial charge in [0.05, 0.1) is 0 Å². The van der Waals surface area contributed by atoms with Crippen molar-refractivity contribution in [3.63, 3.8) is 0 Å². The number of aryl methyl sites for hydroxylation is 1. The molecule has 1 heterocycles. The Morgan fingerprint density at radius 2 is 2.35 bits per heavy atom. The van der Waals surface area contributed by atoms with Crippen LogP contribution in [0, 0.1) is 12.8 Å². The summed E-state index contributed by atoms with van der Waals surface area (Å²) >= 11 is 3.57. The Hall–Kier alpha value is -0.380. The van der Waals surface area contributed by atoms with Crippen molar-refractivity contribution in [2.24, 2.45) is 5.92 Å². The maximum atomic E-state index is 3.57. The molecular weight excluding hydrogens is 276 g/mol. The molecule has 94 valence electrons. The quantitative estimate of drug-likeness (QED) is 0.892. The number of halogens is 1. The molecule has 0 aliphatic carbocycles. The summed E-state index contributed by atoms with van der Waals surface area (Å²) in [6.45, 7) is 4.54. The highest BCUT2D eigenvalue weighted by molar-refractivity contribution is 9.10. The van der Waals surface area contributed by atoms with Crippen molar-refractivity contribution in [3.05, 3.63) is 33.8 Å². The Morgan fingerprint density at radius 3 is 3.00 bits per heavy atom. The zero-order valence-corrected chi connectivity index (χ0v) is 12.2. The molecule has 2 unspecified atom stereocenters. The van der Waals surface area contributed by atoms with Crippen LogP contribution in [0.4, 0.5) is 0 Å². The van der Waals surface area contributed by atoms with E-state index in [4.69, 9.17) is 0 Å². The molecule has 0 radical (unpaired) electrons. The molecule has 1 aromatic carbocycles. The van der Waals surface area contributed by atoms with E-state index < -0.39 is 0 Å². The Morgan fingerprint density at radius 1 is 1.53 bits per heavy atom. The van der Waals surface area contributed by atoms with Crippen LogP contribution >= 0.6 is 15.9 Å². The number of hydrogen-bond donors (Lipinski definition) is 2. The molecule has 17 heavy (non-hydrogen) atoms. The third kappa shape index (κ3) is 3.30. The van der Waals surface area contributed by atoms with Crippen molar-refractivity contribution < 1.29 is 0 Å². The summed E-state index contributed by atoms with van der Waals surface area (Å²) in [7, 11) is 2.06. The summed E-state index contributed by atoms with van der Waals surface area (Å²) in [6, 6.07) is 7.02. The van der Waals surface area contributed by atoms with E-state index in [0.29, 0.717) is 6.04 Å². The van der Waals surface area contributed by atoms with Gasteiger partial charge in [-0.25, -0.2) is 0 Å². The number of benzene rings is 1. The normalized spacial score (nSPS) is 21.7. The molecule has 0 bridgehead atoms. The summed E-state index contributed by atoms with van der Waals surface area (Å²) in [5, 5.41) is 6.91. The van der Waals surface area contributed by atoms with Crippen LogP contribution in [0.3, 0.4) is 0 Å². The molecule has 2 N–H and O–H groups in total. The molecular formula is C14H21BrN2. The Balaban J connectivity index is 2.13. The summed E-state index contributed by atoms with van der Waals surface area (Å²) in [4.78, 5) is 0. The molecule has 2 nitrogen and oxygen atoms in total. The minimum atomic E-state index is 0.470. The van der Waals surface area contributed by atoms with Gasteiger partial charge in [0.1, 0.15) is 0 Å². The van der Waals surface area contributed by atoms with Crippen molar-refractivity contribution in [1.29, 1.82) is 0 Å². The fourth-order valence-corrected chi connectivity index (χ4v) is 3.01. The predicted octanol–water partition coefficient (Wildman–Crippen LogP) is 3.02. The molecule has 3 heteroatoms. The fraction of sp³-hybridized carbons (Fsp3) is 0.571. The molecule has 0 aromatic heterocycles. The first-order valence-electron chi connectivity index (χ1n) is 6.34. The van der Waals surface area contributed by atoms with E-state index in [2.05, 4.69) is 58.7 Å². The van der Waals surface area contributed by atoms with Crippen LogP contribution < -0.4 is 10.6 Å². The molecule has 1 aliphatic heterocycles. The molecule has 1 fully saturated rings. The fourth-order valence-electron chi connectivity index (χ4n) is 2.64. The highest BCUT2D eigenvalue weighted by atomic mass is 79.9. The SMILES string of the molecule is CNC(CC1CCNC1)c1cc(Br)ccc1C. The van der Waals surface area contributed by atoms with Crippen LogP contribution in [0.15, 0.2) is 22.7 Å². The summed E-state index contributed by atoms with van der Waals surface area (Å²) < 4.78 is 1.17. The van der Waals surface area contributed by atoms with Crippen LogP contribution in [0.5, 0.6) is 0 Å². The van der Waals surface area contributed by atoms with Crippen molar-refractivity contribution in [1.82, 2.24) is 10.6 Å². The van der Waals surface area contributed by atoms with Gasteiger partial charge < -0.3 is 10.6 Å². The van der Waals surface area contributed by atoms with E-state index in [1.807, 2.05) is 0 Å². The molecule has 2 rings (SSSR count). The first kappa shape index (κ1) is 13.1. The van der Waals surface area contributed by atoms with Crippen LogP contribution in [0.25, 0.3) is 0 Å². The maximum Gasteiger partial charge on any atom is 0.0323 e. The van der Waals surface area contributed by atoms with Gasteiger partial charge in [-0.2, -0.15) is 0 Å². The largest absolute Gasteiger partial charge is 0.316 e. The summed E-state index contributed by atoms with van der Waals surface area (Å²) in [5.41, 5.74) is 2.80. The first-order chi connectivity index (χ1) is 8.20. The predicted molar refractivity (Wildman–Crippen MR) is 76.3 cm³/mol. The van der Waals surface area contributed by atoms with E-state index in [1.165, 1.54) is 41.5 Å². The zero-order valence-electron chi connectivity index (χ0n) is 10.6. The van der Waals surface area contributed by atoms with Crippen LogP contribution in [0.1, 0.15) is 30.0 Å². The van der Waals surface area contributed by atoms with Gasteiger partial charge in [-0.15, -0.1) is 0 Å². The molecule has 2 atom stereocenters. The third-order valence-electron chi connectivity index (χ3n) is 3.70. The van der Waals surface area contributed by atoms with E-state index >= 15 is 0 Å². The van der Waals surface area contributed by atoms with E-state index in [9.17, 15) is 0 Å².